The van der Waals surface area contributed by atoms with Crippen molar-refractivity contribution in [2.75, 3.05) is 19.5 Å². The predicted octanol–water partition coefficient (Wildman–Crippen LogP) is 4.32. The van der Waals surface area contributed by atoms with Crippen LogP contribution in [0.2, 0.25) is 5.02 Å². The number of benzene rings is 2. The number of carbonyl (C=O) groups excluding carboxylic acids is 1. The van der Waals surface area contributed by atoms with Gasteiger partial charge in [-0.05, 0) is 30.3 Å². The third kappa shape index (κ3) is 3.27. The number of aromatic carboxylic acids is 1. The minimum absolute atomic E-state index is 0.0138. The van der Waals surface area contributed by atoms with Crippen LogP contribution in [-0.4, -0.2) is 35.8 Å². The summed E-state index contributed by atoms with van der Waals surface area (Å²) in [6, 6.07) is 12.5. The summed E-state index contributed by atoms with van der Waals surface area (Å²) in [4.78, 5) is 24.4. The van der Waals surface area contributed by atoms with Crippen molar-refractivity contribution in [3.05, 3.63) is 70.5 Å². The summed E-state index contributed by atoms with van der Waals surface area (Å²) in [6.07, 6.45) is 1.65. The summed E-state index contributed by atoms with van der Waals surface area (Å²) in [6.45, 7) is 0. The van der Waals surface area contributed by atoms with E-state index in [1.807, 2.05) is 12.1 Å². The summed E-state index contributed by atoms with van der Waals surface area (Å²) < 4.78 is 12.8. The second-order valence-electron chi connectivity index (χ2n) is 6.84. The number of nitrogens with one attached hydrogen (secondary N) is 1. The van der Waals surface area contributed by atoms with E-state index < -0.39 is 11.9 Å². The van der Waals surface area contributed by atoms with Gasteiger partial charge in [0.1, 0.15) is 5.56 Å². The lowest BCUT2D eigenvalue weighted by Gasteiger charge is -2.27. The van der Waals surface area contributed by atoms with Gasteiger partial charge in [0.05, 0.1) is 25.6 Å². The number of para-hydroxylation sites is 1. The van der Waals surface area contributed by atoms with Crippen molar-refractivity contribution >= 4 is 29.2 Å². The molecule has 0 unspecified atom stereocenters. The molecular formula is C22H19ClN2O5. The van der Waals surface area contributed by atoms with Gasteiger partial charge in [0.2, 0.25) is 5.91 Å². The smallest absolute Gasteiger partial charge is 0.339 e. The molecule has 0 radical (unpaired) electrons. The molecule has 7 nitrogen and oxygen atoms in total. The van der Waals surface area contributed by atoms with E-state index in [0.717, 1.165) is 11.3 Å². The lowest BCUT2D eigenvalue weighted by Crippen LogP contribution is -2.25. The third-order valence-electron chi connectivity index (χ3n) is 5.17. The SMILES string of the molecule is COc1cccc([C@H]2CC(=O)Nc3c(C(=O)O)cn(-c4ccc(Cl)cc4)c32)c1OC. The number of anilines is 1. The van der Waals surface area contributed by atoms with Crippen molar-refractivity contribution in [3.63, 3.8) is 0 Å². The molecule has 1 aromatic heterocycles. The molecule has 0 spiro atoms. The Morgan fingerprint density at radius 1 is 1.17 bits per heavy atom. The standard InChI is InChI=1S/C22H19ClN2O5/c1-29-17-5-3-4-14(21(17)30-2)15-10-18(26)24-19-16(22(27)28)11-25(20(15)19)13-8-6-12(23)7-9-13/h3-9,11,15H,10H2,1-2H3,(H,24,26)(H,27,28)/t15-/m1/s1. The van der Waals surface area contributed by atoms with Gasteiger partial charge in [0, 0.05) is 34.8 Å². The van der Waals surface area contributed by atoms with E-state index in [1.165, 1.54) is 13.3 Å². The van der Waals surface area contributed by atoms with Crippen LogP contribution < -0.4 is 14.8 Å². The minimum atomic E-state index is -1.13. The topological polar surface area (TPSA) is 89.8 Å². The Balaban J connectivity index is 1.99. The maximum absolute atomic E-state index is 12.5. The zero-order valence-corrected chi connectivity index (χ0v) is 17.1. The molecular weight excluding hydrogens is 408 g/mol. The van der Waals surface area contributed by atoms with Crippen LogP contribution in [0.25, 0.3) is 5.69 Å². The summed E-state index contributed by atoms with van der Waals surface area (Å²) in [5.41, 5.74) is 2.41. The van der Waals surface area contributed by atoms with Crippen molar-refractivity contribution < 1.29 is 24.2 Å². The number of ether oxygens (including phenoxy) is 2. The Hall–Kier alpha value is -3.45. The molecule has 3 aromatic rings. The van der Waals surface area contributed by atoms with Crippen molar-refractivity contribution in [2.24, 2.45) is 0 Å². The van der Waals surface area contributed by atoms with Gasteiger partial charge in [0.15, 0.2) is 11.5 Å². The van der Waals surface area contributed by atoms with Crippen LogP contribution >= 0.6 is 11.6 Å². The van der Waals surface area contributed by atoms with E-state index in [-0.39, 0.29) is 23.6 Å². The molecule has 1 aliphatic heterocycles. The van der Waals surface area contributed by atoms with Crippen molar-refractivity contribution in [1.82, 2.24) is 4.57 Å². The number of nitrogens with zero attached hydrogens (tertiary/aromatic N) is 1. The largest absolute Gasteiger partial charge is 0.493 e. The number of hydrogen-bond acceptors (Lipinski definition) is 4. The number of methoxy groups -OCH3 is 2. The van der Waals surface area contributed by atoms with Crippen LogP contribution in [0, 0.1) is 0 Å². The van der Waals surface area contributed by atoms with Crippen molar-refractivity contribution in [3.8, 4) is 17.2 Å². The molecule has 1 amide bonds. The molecule has 2 N–H and O–H groups in total. The Labute approximate surface area is 177 Å². The van der Waals surface area contributed by atoms with E-state index >= 15 is 0 Å². The predicted molar refractivity (Wildman–Crippen MR) is 112 cm³/mol. The second-order valence-corrected chi connectivity index (χ2v) is 7.28. The molecule has 0 saturated carbocycles. The van der Waals surface area contributed by atoms with Crippen molar-refractivity contribution in [2.45, 2.75) is 12.3 Å². The number of aromatic nitrogens is 1. The highest BCUT2D eigenvalue weighted by molar-refractivity contribution is 6.30. The fourth-order valence-corrected chi connectivity index (χ4v) is 4.01. The summed E-state index contributed by atoms with van der Waals surface area (Å²) in [5.74, 6) is -0.800. The maximum atomic E-state index is 12.5. The first-order chi connectivity index (χ1) is 14.4. The number of fused-ring (bicyclic) bond motifs is 1. The van der Waals surface area contributed by atoms with Gasteiger partial charge in [-0.1, -0.05) is 23.7 Å². The van der Waals surface area contributed by atoms with Gasteiger partial charge in [-0.25, -0.2) is 4.79 Å². The number of halogens is 1. The van der Waals surface area contributed by atoms with Crippen LogP contribution in [0.4, 0.5) is 5.69 Å². The van der Waals surface area contributed by atoms with Crippen molar-refractivity contribution in [1.29, 1.82) is 0 Å². The fourth-order valence-electron chi connectivity index (χ4n) is 3.89. The van der Waals surface area contributed by atoms with Gasteiger partial charge in [-0.15, -0.1) is 0 Å². The minimum Gasteiger partial charge on any atom is -0.493 e. The molecule has 154 valence electrons. The molecule has 0 aliphatic carbocycles. The monoisotopic (exact) mass is 426 g/mol. The second kappa shape index (κ2) is 7.76. The van der Waals surface area contributed by atoms with Crippen LogP contribution in [-0.2, 0) is 4.79 Å². The van der Waals surface area contributed by atoms with Gasteiger partial charge in [-0.2, -0.15) is 0 Å². The Kier molecular flexibility index (Phi) is 5.13. The van der Waals surface area contributed by atoms with Crippen LogP contribution in [0.1, 0.15) is 34.0 Å². The van der Waals surface area contributed by atoms with E-state index in [1.54, 1.807) is 42.0 Å². The van der Waals surface area contributed by atoms with Gasteiger partial charge in [0.25, 0.3) is 0 Å². The number of hydrogen-bond donors (Lipinski definition) is 2. The fraction of sp³-hybridized carbons (Fsp3) is 0.182. The molecule has 1 atom stereocenters. The average molecular weight is 427 g/mol. The lowest BCUT2D eigenvalue weighted by atomic mass is 9.87. The first kappa shape index (κ1) is 19.8. The first-order valence-electron chi connectivity index (χ1n) is 9.19. The molecule has 1 aliphatic rings. The van der Waals surface area contributed by atoms with Crippen LogP contribution in [0.5, 0.6) is 11.5 Å². The number of carboxylic acids is 1. The van der Waals surface area contributed by atoms with E-state index in [2.05, 4.69) is 5.32 Å². The number of rotatable bonds is 5. The zero-order valence-electron chi connectivity index (χ0n) is 16.3. The zero-order chi connectivity index (χ0) is 21.4. The van der Waals surface area contributed by atoms with E-state index in [0.29, 0.717) is 22.2 Å². The summed E-state index contributed by atoms with van der Waals surface area (Å²) in [5, 5.41) is 13.0. The highest BCUT2D eigenvalue weighted by Gasteiger charge is 2.36. The Morgan fingerprint density at radius 3 is 2.53 bits per heavy atom. The molecule has 30 heavy (non-hydrogen) atoms. The molecule has 2 aromatic carbocycles. The molecule has 0 fully saturated rings. The van der Waals surface area contributed by atoms with Crippen LogP contribution in [0.15, 0.2) is 48.7 Å². The quantitative estimate of drug-likeness (QED) is 0.634. The molecule has 2 heterocycles. The first-order valence-corrected chi connectivity index (χ1v) is 9.57. The van der Waals surface area contributed by atoms with Gasteiger partial charge in [-0.3, -0.25) is 4.79 Å². The maximum Gasteiger partial charge on any atom is 0.339 e. The normalized spacial score (nSPS) is 15.3. The summed E-state index contributed by atoms with van der Waals surface area (Å²) >= 11 is 6.02. The average Bonchev–Trinajstić information content (AvgIpc) is 3.12. The molecule has 0 bridgehead atoms. The van der Waals surface area contributed by atoms with Gasteiger partial charge >= 0.3 is 5.97 Å². The molecule has 8 heteroatoms. The highest BCUT2D eigenvalue weighted by atomic mass is 35.5. The molecule has 4 rings (SSSR count). The van der Waals surface area contributed by atoms with E-state index in [9.17, 15) is 14.7 Å². The van der Waals surface area contributed by atoms with Gasteiger partial charge < -0.3 is 24.5 Å². The summed E-state index contributed by atoms with van der Waals surface area (Å²) in [7, 11) is 3.08. The third-order valence-corrected chi connectivity index (χ3v) is 5.42. The number of amides is 1. The lowest BCUT2D eigenvalue weighted by molar-refractivity contribution is -0.116. The number of carboxylic acid groups (broad SMARTS) is 1. The van der Waals surface area contributed by atoms with Crippen LogP contribution in [0.3, 0.4) is 0 Å². The Bertz CT molecular complexity index is 1140. The van der Waals surface area contributed by atoms with E-state index in [4.69, 9.17) is 21.1 Å². The molecule has 0 saturated heterocycles. The Morgan fingerprint density at radius 2 is 1.90 bits per heavy atom. The highest BCUT2D eigenvalue weighted by Crippen LogP contribution is 2.46. The number of carbonyl (C=O) groups is 2.